The molecule has 1 saturated carbocycles. The highest BCUT2D eigenvalue weighted by atomic mass is 35.5. The summed E-state index contributed by atoms with van der Waals surface area (Å²) in [6, 6.07) is 7.34. The van der Waals surface area contributed by atoms with Gasteiger partial charge in [0.15, 0.2) is 0 Å². The van der Waals surface area contributed by atoms with Gasteiger partial charge in [-0.05, 0) is 37.3 Å². The van der Waals surface area contributed by atoms with E-state index in [0.717, 1.165) is 5.56 Å². The first-order valence-electron chi connectivity index (χ1n) is 9.48. The number of rotatable bonds is 4. The smallest absolute Gasteiger partial charge is 0.306 e. The average Bonchev–Trinajstić information content (AvgIpc) is 2.69. The summed E-state index contributed by atoms with van der Waals surface area (Å²) in [4.78, 5) is 39.9. The minimum Gasteiger partial charge on any atom is -0.481 e. The molecule has 27 heavy (non-hydrogen) atoms. The fourth-order valence-corrected chi connectivity index (χ4v) is 4.14. The molecule has 1 saturated heterocycles. The molecule has 0 radical (unpaired) electrons. The number of nitrogens with zero attached hydrogens (tertiary/aromatic N) is 2. The van der Waals surface area contributed by atoms with E-state index in [4.69, 9.17) is 16.7 Å². The number of aliphatic carboxylic acids is 1. The van der Waals surface area contributed by atoms with Gasteiger partial charge in [-0.25, -0.2) is 0 Å². The lowest BCUT2D eigenvalue weighted by Crippen LogP contribution is -2.52. The van der Waals surface area contributed by atoms with Gasteiger partial charge in [0.05, 0.1) is 12.3 Å². The lowest BCUT2D eigenvalue weighted by Gasteiger charge is -2.37. The zero-order valence-corrected chi connectivity index (χ0v) is 16.0. The monoisotopic (exact) mass is 392 g/mol. The van der Waals surface area contributed by atoms with Gasteiger partial charge in [0.1, 0.15) is 0 Å². The summed E-state index contributed by atoms with van der Waals surface area (Å²) in [6.07, 6.45) is 2.69. The largest absolute Gasteiger partial charge is 0.481 e. The van der Waals surface area contributed by atoms with Crippen LogP contribution in [-0.2, 0) is 20.8 Å². The number of carboxylic acids is 1. The molecule has 2 fully saturated rings. The van der Waals surface area contributed by atoms with E-state index < -0.39 is 5.97 Å². The number of benzene rings is 1. The van der Waals surface area contributed by atoms with Gasteiger partial charge in [-0.2, -0.15) is 0 Å². The SMILES string of the molecule is O=C(O)C1CCC(C(=O)N2CCN(C(=O)Cc3ccccc3Cl)CC2)CC1. The Morgan fingerprint density at radius 2 is 1.48 bits per heavy atom. The average molecular weight is 393 g/mol. The second-order valence-electron chi connectivity index (χ2n) is 7.36. The van der Waals surface area contributed by atoms with Gasteiger partial charge in [-0.1, -0.05) is 29.8 Å². The van der Waals surface area contributed by atoms with Gasteiger partial charge >= 0.3 is 5.97 Å². The van der Waals surface area contributed by atoms with Crippen LogP contribution in [-0.4, -0.2) is 58.9 Å². The highest BCUT2D eigenvalue weighted by Gasteiger charge is 2.33. The molecule has 0 spiro atoms. The van der Waals surface area contributed by atoms with Gasteiger partial charge < -0.3 is 14.9 Å². The zero-order valence-electron chi connectivity index (χ0n) is 15.3. The molecule has 2 aliphatic rings. The van der Waals surface area contributed by atoms with Crippen molar-refractivity contribution in [2.24, 2.45) is 11.8 Å². The van der Waals surface area contributed by atoms with Crippen molar-refractivity contribution in [1.29, 1.82) is 0 Å². The fraction of sp³-hybridized carbons (Fsp3) is 0.550. The predicted molar refractivity (Wildman–Crippen MR) is 101 cm³/mol. The van der Waals surface area contributed by atoms with Crippen molar-refractivity contribution in [3.63, 3.8) is 0 Å². The third-order valence-corrected chi connectivity index (χ3v) is 6.04. The second kappa shape index (κ2) is 8.74. The van der Waals surface area contributed by atoms with Crippen molar-refractivity contribution >= 4 is 29.4 Å². The molecule has 0 aromatic heterocycles. The molecule has 146 valence electrons. The Morgan fingerprint density at radius 1 is 0.926 bits per heavy atom. The summed E-state index contributed by atoms with van der Waals surface area (Å²) in [5, 5.41) is 9.67. The lowest BCUT2D eigenvalue weighted by atomic mass is 9.81. The Balaban J connectivity index is 1.47. The Hall–Kier alpha value is -2.08. The Labute approximate surface area is 164 Å². The van der Waals surface area contributed by atoms with E-state index >= 15 is 0 Å². The van der Waals surface area contributed by atoms with Crippen LogP contribution in [0.2, 0.25) is 5.02 Å². The van der Waals surface area contributed by atoms with E-state index in [-0.39, 0.29) is 30.1 Å². The van der Waals surface area contributed by atoms with Crippen LogP contribution in [0.5, 0.6) is 0 Å². The molecule has 1 aromatic carbocycles. The van der Waals surface area contributed by atoms with Crippen LogP contribution >= 0.6 is 11.6 Å². The van der Waals surface area contributed by atoms with Gasteiger partial charge in [-0.15, -0.1) is 0 Å². The molecule has 1 aliphatic heterocycles. The van der Waals surface area contributed by atoms with Crippen LogP contribution in [0.4, 0.5) is 0 Å². The topological polar surface area (TPSA) is 77.9 Å². The quantitative estimate of drug-likeness (QED) is 0.853. The molecule has 0 bridgehead atoms. The maximum Gasteiger partial charge on any atom is 0.306 e. The van der Waals surface area contributed by atoms with E-state index in [1.807, 2.05) is 23.1 Å². The number of halogens is 1. The van der Waals surface area contributed by atoms with Crippen molar-refractivity contribution in [3.05, 3.63) is 34.9 Å². The van der Waals surface area contributed by atoms with Crippen LogP contribution in [0.3, 0.4) is 0 Å². The standard InChI is InChI=1S/C20H25ClN2O4/c21-17-4-2-1-3-16(17)13-18(24)22-9-11-23(12-10-22)19(25)14-5-7-15(8-6-14)20(26)27/h1-4,14-15H,5-13H2,(H,26,27). The molecule has 1 N–H and O–H groups in total. The first kappa shape index (κ1) is 19.7. The second-order valence-corrected chi connectivity index (χ2v) is 7.77. The minimum atomic E-state index is -0.758. The molecule has 0 atom stereocenters. The van der Waals surface area contributed by atoms with E-state index in [1.54, 1.807) is 11.0 Å². The van der Waals surface area contributed by atoms with E-state index in [2.05, 4.69) is 0 Å². The molecule has 3 rings (SSSR count). The highest BCUT2D eigenvalue weighted by molar-refractivity contribution is 6.31. The summed E-state index contributed by atoms with van der Waals surface area (Å²) in [6.45, 7) is 2.12. The van der Waals surface area contributed by atoms with Crippen molar-refractivity contribution in [2.45, 2.75) is 32.1 Å². The van der Waals surface area contributed by atoms with Crippen LogP contribution in [0, 0.1) is 11.8 Å². The third kappa shape index (κ3) is 4.80. The maximum absolute atomic E-state index is 12.7. The number of hydrogen-bond acceptors (Lipinski definition) is 3. The van der Waals surface area contributed by atoms with Gasteiger partial charge in [0.2, 0.25) is 11.8 Å². The molecular formula is C20H25ClN2O4. The Morgan fingerprint density at radius 3 is 2.07 bits per heavy atom. The molecule has 2 amide bonds. The molecular weight excluding hydrogens is 368 g/mol. The number of carbonyl (C=O) groups excluding carboxylic acids is 2. The maximum atomic E-state index is 12.7. The van der Waals surface area contributed by atoms with Crippen LogP contribution in [0.25, 0.3) is 0 Å². The number of carbonyl (C=O) groups is 3. The minimum absolute atomic E-state index is 0.0252. The zero-order chi connectivity index (χ0) is 19.4. The molecule has 0 unspecified atom stereocenters. The van der Waals surface area contributed by atoms with Gasteiger partial charge in [0, 0.05) is 37.1 Å². The molecule has 7 heteroatoms. The third-order valence-electron chi connectivity index (χ3n) is 5.67. The van der Waals surface area contributed by atoms with Crippen molar-refractivity contribution < 1.29 is 19.5 Å². The van der Waals surface area contributed by atoms with Crippen LogP contribution in [0.15, 0.2) is 24.3 Å². The fourth-order valence-electron chi connectivity index (χ4n) is 3.94. The molecule has 1 aromatic rings. The highest BCUT2D eigenvalue weighted by Crippen LogP contribution is 2.30. The van der Waals surface area contributed by atoms with Gasteiger partial charge in [0.25, 0.3) is 0 Å². The van der Waals surface area contributed by atoms with Crippen LogP contribution in [0.1, 0.15) is 31.2 Å². The Bertz CT molecular complexity index is 708. The normalized spacial score (nSPS) is 23.1. The van der Waals surface area contributed by atoms with Gasteiger partial charge in [-0.3, -0.25) is 14.4 Å². The van der Waals surface area contributed by atoms with E-state index in [1.165, 1.54) is 0 Å². The first-order chi connectivity index (χ1) is 13.0. The lowest BCUT2D eigenvalue weighted by molar-refractivity contribution is -0.146. The molecule has 1 heterocycles. The number of carboxylic acid groups (broad SMARTS) is 1. The van der Waals surface area contributed by atoms with Crippen molar-refractivity contribution in [1.82, 2.24) is 9.80 Å². The first-order valence-corrected chi connectivity index (χ1v) is 9.86. The van der Waals surface area contributed by atoms with E-state index in [9.17, 15) is 14.4 Å². The van der Waals surface area contributed by atoms with Crippen LogP contribution < -0.4 is 0 Å². The summed E-state index contributed by atoms with van der Waals surface area (Å²) in [7, 11) is 0. The van der Waals surface area contributed by atoms with Crippen molar-refractivity contribution in [2.75, 3.05) is 26.2 Å². The predicted octanol–water partition coefficient (Wildman–Crippen LogP) is 2.44. The summed E-state index contributed by atoms with van der Waals surface area (Å²) in [5.41, 5.74) is 0.817. The van der Waals surface area contributed by atoms with Crippen molar-refractivity contribution in [3.8, 4) is 0 Å². The summed E-state index contributed by atoms with van der Waals surface area (Å²) in [5.74, 6) is -1.01. The number of piperazine rings is 1. The Kier molecular flexibility index (Phi) is 6.37. The summed E-state index contributed by atoms with van der Waals surface area (Å²) < 4.78 is 0. The molecule has 1 aliphatic carbocycles. The summed E-state index contributed by atoms with van der Waals surface area (Å²) >= 11 is 6.13. The molecule has 6 nitrogen and oxygen atoms in total. The number of hydrogen-bond donors (Lipinski definition) is 1. The van der Waals surface area contributed by atoms with E-state index in [0.29, 0.717) is 56.9 Å². The number of amides is 2.